The van der Waals surface area contributed by atoms with Crippen LogP contribution < -0.4 is 0 Å². The zero-order valence-electron chi connectivity index (χ0n) is 10.8. The number of pyridine rings is 1. The van der Waals surface area contributed by atoms with E-state index in [1.807, 2.05) is 54.7 Å². The summed E-state index contributed by atoms with van der Waals surface area (Å²) in [6.45, 7) is 0. The molecule has 0 saturated carbocycles. The second-order valence-corrected chi connectivity index (χ2v) is 5.24. The van der Waals surface area contributed by atoms with Crippen molar-refractivity contribution in [3.05, 3.63) is 77.1 Å². The number of aromatic nitrogens is 1. The Kier molecular flexibility index (Phi) is 3.68. The molecule has 1 N–H and O–H groups in total. The smallest absolute Gasteiger partial charge is 0.0851 e. The fraction of sp³-hybridized carbons (Fsp3) is 0.118. The van der Waals surface area contributed by atoms with E-state index in [-0.39, 0.29) is 0 Å². The van der Waals surface area contributed by atoms with Crippen LogP contribution >= 0.6 is 11.6 Å². The van der Waals surface area contributed by atoms with Crippen LogP contribution in [0.4, 0.5) is 0 Å². The van der Waals surface area contributed by atoms with Crippen molar-refractivity contribution < 1.29 is 5.11 Å². The Morgan fingerprint density at radius 2 is 1.90 bits per heavy atom. The van der Waals surface area contributed by atoms with Crippen LogP contribution in [-0.4, -0.2) is 10.1 Å². The Balaban J connectivity index is 1.94. The van der Waals surface area contributed by atoms with Crippen LogP contribution in [0.25, 0.3) is 10.8 Å². The summed E-state index contributed by atoms with van der Waals surface area (Å²) in [7, 11) is 0. The van der Waals surface area contributed by atoms with Gasteiger partial charge >= 0.3 is 0 Å². The van der Waals surface area contributed by atoms with Crippen molar-refractivity contribution in [3.8, 4) is 0 Å². The summed E-state index contributed by atoms with van der Waals surface area (Å²) in [4.78, 5) is 4.21. The molecule has 2 nitrogen and oxygen atoms in total. The number of nitrogens with zero attached hydrogens (tertiary/aromatic N) is 1. The molecule has 20 heavy (non-hydrogen) atoms. The van der Waals surface area contributed by atoms with Gasteiger partial charge in [-0.3, -0.25) is 4.98 Å². The van der Waals surface area contributed by atoms with Gasteiger partial charge in [0.2, 0.25) is 0 Å². The lowest BCUT2D eigenvalue weighted by Crippen LogP contribution is -2.03. The van der Waals surface area contributed by atoms with Gasteiger partial charge in [-0.05, 0) is 23.1 Å². The average Bonchev–Trinajstić information content (AvgIpc) is 2.46. The van der Waals surface area contributed by atoms with Crippen molar-refractivity contribution in [2.75, 3.05) is 0 Å². The van der Waals surface area contributed by atoms with E-state index in [0.29, 0.717) is 11.4 Å². The predicted octanol–water partition coefficient (Wildman–Crippen LogP) is 4.16. The van der Waals surface area contributed by atoms with Gasteiger partial charge in [0.05, 0.1) is 6.10 Å². The second-order valence-electron chi connectivity index (χ2n) is 4.80. The minimum absolute atomic E-state index is 0.524. The molecule has 1 atom stereocenters. The molecule has 0 aliphatic rings. The van der Waals surface area contributed by atoms with Crippen LogP contribution in [0, 0.1) is 0 Å². The molecule has 0 aliphatic heterocycles. The Labute approximate surface area is 122 Å². The number of aliphatic hydroxyl groups is 1. The molecule has 0 aliphatic carbocycles. The highest BCUT2D eigenvalue weighted by molar-refractivity contribution is 6.30. The van der Waals surface area contributed by atoms with Gasteiger partial charge in [0, 0.05) is 34.8 Å². The Morgan fingerprint density at radius 3 is 2.75 bits per heavy atom. The highest BCUT2D eigenvalue weighted by atomic mass is 35.5. The van der Waals surface area contributed by atoms with Crippen molar-refractivity contribution in [2.24, 2.45) is 0 Å². The molecule has 3 aromatic rings. The van der Waals surface area contributed by atoms with Gasteiger partial charge in [0.1, 0.15) is 0 Å². The van der Waals surface area contributed by atoms with Crippen molar-refractivity contribution in [1.29, 1.82) is 0 Å². The van der Waals surface area contributed by atoms with Gasteiger partial charge in [0.15, 0.2) is 0 Å². The first-order chi connectivity index (χ1) is 9.74. The fourth-order valence-electron chi connectivity index (χ4n) is 2.40. The van der Waals surface area contributed by atoms with E-state index in [2.05, 4.69) is 4.98 Å². The molecule has 3 rings (SSSR count). The van der Waals surface area contributed by atoms with Gasteiger partial charge in [-0.15, -0.1) is 0 Å². The highest BCUT2D eigenvalue weighted by Crippen LogP contribution is 2.26. The molecule has 2 aromatic carbocycles. The van der Waals surface area contributed by atoms with E-state index in [4.69, 9.17) is 11.6 Å². The van der Waals surface area contributed by atoms with Crippen molar-refractivity contribution in [2.45, 2.75) is 12.5 Å². The van der Waals surface area contributed by atoms with Crippen molar-refractivity contribution in [3.63, 3.8) is 0 Å². The Bertz CT molecular complexity index is 736. The maximum absolute atomic E-state index is 10.5. The summed E-state index contributed by atoms with van der Waals surface area (Å²) in [6.07, 6.45) is 3.48. The van der Waals surface area contributed by atoms with Crippen molar-refractivity contribution >= 4 is 22.4 Å². The molecule has 0 bridgehead atoms. The van der Waals surface area contributed by atoms with Gasteiger partial charge in [-0.25, -0.2) is 0 Å². The molecule has 0 fully saturated rings. The Hall–Kier alpha value is -1.90. The first-order valence-corrected chi connectivity index (χ1v) is 6.87. The van der Waals surface area contributed by atoms with E-state index in [9.17, 15) is 5.11 Å². The summed E-state index contributed by atoms with van der Waals surface area (Å²) in [5.41, 5.74) is 1.86. The van der Waals surface area contributed by atoms with Gasteiger partial charge in [0.25, 0.3) is 0 Å². The molecule has 100 valence electrons. The molecule has 1 heterocycles. The van der Waals surface area contributed by atoms with Crippen LogP contribution in [0.15, 0.2) is 60.9 Å². The third-order valence-electron chi connectivity index (χ3n) is 3.38. The summed E-state index contributed by atoms with van der Waals surface area (Å²) < 4.78 is 0. The summed E-state index contributed by atoms with van der Waals surface area (Å²) in [5, 5.41) is 13.2. The standard InChI is InChI=1S/C17H14ClNO/c18-14-6-3-4-12(8-14)9-17(20)16-11-19-10-13-5-1-2-7-15(13)16/h1-8,10-11,17,20H,9H2. The first kappa shape index (κ1) is 13.1. The monoisotopic (exact) mass is 283 g/mol. The molecule has 1 aromatic heterocycles. The zero-order valence-corrected chi connectivity index (χ0v) is 11.6. The van der Waals surface area contributed by atoms with Gasteiger partial charge in [-0.2, -0.15) is 0 Å². The van der Waals surface area contributed by atoms with E-state index in [1.54, 1.807) is 6.20 Å². The summed E-state index contributed by atoms with van der Waals surface area (Å²) >= 11 is 5.98. The van der Waals surface area contributed by atoms with E-state index in [0.717, 1.165) is 21.9 Å². The second kappa shape index (κ2) is 5.61. The number of rotatable bonds is 3. The minimum atomic E-state index is -0.591. The number of hydrogen-bond acceptors (Lipinski definition) is 2. The number of aliphatic hydroxyl groups excluding tert-OH is 1. The molecular weight excluding hydrogens is 270 g/mol. The quantitative estimate of drug-likeness (QED) is 0.783. The third kappa shape index (κ3) is 2.67. The van der Waals surface area contributed by atoms with E-state index >= 15 is 0 Å². The molecule has 1 unspecified atom stereocenters. The first-order valence-electron chi connectivity index (χ1n) is 6.49. The van der Waals surface area contributed by atoms with Gasteiger partial charge < -0.3 is 5.11 Å². The molecule has 0 amide bonds. The van der Waals surface area contributed by atoms with Crippen LogP contribution in [0.1, 0.15) is 17.2 Å². The molecule has 0 spiro atoms. The summed E-state index contributed by atoms with van der Waals surface area (Å²) in [6, 6.07) is 15.5. The SMILES string of the molecule is OC(Cc1cccc(Cl)c1)c1cncc2ccccc12. The number of halogens is 1. The third-order valence-corrected chi connectivity index (χ3v) is 3.61. The predicted molar refractivity (Wildman–Crippen MR) is 81.9 cm³/mol. The molecule has 0 saturated heterocycles. The molecule has 0 radical (unpaired) electrons. The lowest BCUT2D eigenvalue weighted by atomic mass is 9.98. The van der Waals surface area contributed by atoms with Crippen LogP contribution in [-0.2, 0) is 6.42 Å². The van der Waals surface area contributed by atoms with Gasteiger partial charge in [-0.1, -0.05) is 48.0 Å². The van der Waals surface area contributed by atoms with E-state index < -0.39 is 6.10 Å². The maximum atomic E-state index is 10.5. The zero-order chi connectivity index (χ0) is 13.9. The topological polar surface area (TPSA) is 33.1 Å². The number of hydrogen-bond donors (Lipinski definition) is 1. The largest absolute Gasteiger partial charge is 0.388 e. The maximum Gasteiger partial charge on any atom is 0.0851 e. The lowest BCUT2D eigenvalue weighted by Gasteiger charge is -2.13. The van der Waals surface area contributed by atoms with Crippen molar-refractivity contribution in [1.82, 2.24) is 4.98 Å². The van der Waals surface area contributed by atoms with E-state index in [1.165, 1.54) is 0 Å². The Morgan fingerprint density at radius 1 is 1.05 bits per heavy atom. The number of fused-ring (bicyclic) bond motifs is 1. The van der Waals surface area contributed by atoms with Crippen LogP contribution in [0.5, 0.6) is 0 Å². The molecule has 3 heteroatoms. The van der Waals surface area contributed by atoms with Crippen LogP contribution in [0.3, 0.4) is 0 Å². The average molecular weight is 284 g/mol. The number of benzene rings is 2. The normalized spacial score (nSPS) is 12.5. The highest BCUT2D eigenvalue weighted by Gasteiger charge is 2.12. The summed E-state index contributed by atoms with van der Waals surface area (Å²) in [5.74, 6) is 0. The minimum Gasteiger partial charge on any atom is -0.388 e. The molecular formula is C17H14ClNO. The van der Waals surface area contributed by atoms with Crippen LogP contribution in [0.2, 0.25) is 5.02 Å². The fourth-order valence-corrected chi connectivity index (χ4v) is 2.62. The lowest BCUT2D eigenvalue weighted by molar-refractivity contribution is 0.179.